The molecule has 0 unspecified atom stereocenters. The minimum Gasteiger partial charge on any atom is -0.341 e. The van der Waals surface area contributed by atoms with Gasteiger partial charge in [0, 0.05) is 9.50 Å². The number of rotatable bonds is 2. The predicted molar refractivity (Wildman–Crippen MR) is 60.3 cm³/mol. The first-order valence-electron chi connectivity index (χ1n) is 3.82. The van der Waals surface area contributed by atoms with E-state index in [4.69, 9.17) is 18.0 Å². The van der Waals surface area contributed by atoms with Gasteiger partial charge in [0.1, 0.15) is 0 Å². The molecule has 0 aliphatic rings. The molecule has 72 valence electrons. The molecule has 0 spiro atoms. The molecule has 0 atom stereocenters. The summed E-state index contributed by atoms with van der Waals surface area (Å²) in [6.07, 6.45) is 5.02. The lowest BCUT2D eigenvalue weighted by atomic mass is 10.2. The Balaban J connectivity index is 2.86. The van der Waals surface area contributed by atoms with Crippen LogP contribution in [0.5, 0.6) is 0 Å². The maximum Gasteiger partial charge on any atom is 0.253 e. The van der Waals surface area contributed by atoms with Crippen LogP contribution in [0.15, 0.2) is 22.7 Å². The Labute approximate surface area is 95.8 Å². The van der Waals surface area contributed by atoms with E-state index in [-0.39, 0.29) is 12.5 Å². The quantitative estimate of drug-likeness (QED) is 0.823. The number of nitrogens with one attached hydrogen (secondary N) is 1. The normalized spacial score (nSPS) is 9.21. The van der Waals surface area contributed by atoms with Gasteiger partial charge >= 0.3 is 0 Å². The fraction of sp³-hybridized carbons (Fsp3) is 0.100. The molecule has 0 saturated carbocycles. The SMILES string of the molecule is C#CCNC(=O)c1ccc(Cl)cc1Br. The van der Waals surface area contributed by atoms with Crippen LogP contribution in [0.1, 0.15) is 10.4 Å². The first kappa shape index (κ1) is 11.1. The molecule has 0 saturated heterocycles. The van der Waals surface area contributed by atoms with Gasteiger partial charge < -0.3 is 5.32 Å². The molecule has 0 bridgehead atoms. The van der Waals surface area contributed by atoms with Crippen LogP contribution in [0, 0.1) is 12.3 Å². The zero-order valence-electron chi connectivity index (χ0n) is 7.18. The number of amides is 1. The van der Waals surface area contributed by atoms with E-state index in [1.807, 2.05) is 0 Å². The van der Waals surface area contributed by atoms with Gasteiger partial charge in [0.05, 0.1) is 12.1 Å². The fourth-order valence-electron chi connectivity index (χ4n) is 0.900. The van der Waals surface area contributed by atoms with Gasteiger partial charge in [-0.1, -0.05) is 17.5 Å². The summed E-state index contributed by atoms with van der Waals surface area (Å²) in [5.41, 5.74) is 0.518. The van der Waals surface area contributed by atoms with Crippen LogP contribution in [0.2, 0.25) is 5.02 Å². The van der Waals surface area contributed by atoms with Crippen LogP contribution < -0.4 is 5.32 Å². The van der Waals surface area contributed by atoms with Crippen molar-refractivity contribution in [2.24, 2.45) is 0 Å². The lowest BCUT2D eigenvalue weighted by Gasteiger charge is -2.04. The average Bonchev–Trinajstić information content (AvgIpc) is 2.14. The van der Waals surface area contributed by atoms with Crippen LogP contribution >= 0.6 is 27.5 Å². The second-order valence-electron chi connectivity index (χ2n) is 2.51. The first-order chi connectivity index (χ1) is 6.65. The Kier molecular flexibility index (Phi) is 3.99. The Morgan fingerprint density at radius 1 is 1.64 bits per heavy atom. The number of carbonyl (C=O) groups is 1. The second kappa shape index (κ2) is 5.04. The predicted octanol–water partition coefficient (Wildman–Crippen LogP) is 2.47. The molecule has 1 rings (SSSR count). The number of terminal acetylenes is 1. The summed E-state index contributed by atoms with van der Waals surface area (Å²) in [7, 11) is 0. The Bertz CT molecular complexity index is 398. The Morgan fingerprint density at radius 2 is 2.36 bits per heavy atom. The van der Waals surface area contributed by atoms with Gasteiger partial charge in [-0.05, 0) is 34.1 Å². The number of benzene rings is 1. The highest BCUT2D eigenvalue weighted by molar-refractivity contribution is 9.10. The summed E-state index contributed by atoms with van der Waals surface area (Å²) >= 11 is 8.97. The monoisotopic (exact) mass is 271 g/mol. The van der Waals surface area contributed by atoms with Gasteiger partial charge in [-0.3, -0.25) is 4.79 Å². The van der Waals surface area contributed by atoms with E-state index in [2.05, 4.69) is 27.2 Å². The fourth-order valence-corrected chi connectivity index (χ4v) is 1.76. The molecule has 1 aromatic rings. The van der Waals surface area contributed by atoms with Crippen molar-refractivity contribution >= 4 is 33.4 Å². The van der Waals surface area contributed by atoms with Crippen molar-refractivity contribution < 1.29 is 4.79 Å². The van der Waals surface area contributed by atoms with Crippen molar-refractivity contribution in [2.45, 2.75) is 0 Å². The van der Waals surface area contributed by atoms with Crippen LogP contribution in [-0.2, 0) is 0 Å². The van der Waals surface area contributed by atoms with Crippen LogP contribution in [-0.4, -0.2) is 12.5 Å². The van der Waals surface area contributed by atoms with E-state index in [0.717, 1.165) is 0 Å². The number of halogens is 2. The van der Waals surface area contributed by atoms with Gasteiger partial charge in [0.2, 0.25) is 0 Å². The van der Waals surface area contributed by atoms with Gasteiger partial charge in [-0.2, -0.15) is 0 Å². The molecular weight excluding hydrogens is 265 g/mol. The van der Waals surface area contributed by atoms with Gasteiger partial charge in [0.15, 0.2) is 0 Å². The molecule has 0 aliphatic carbocycles. The van der Waals surface area contributed by atoms with Crippen molar-refractivity contribution in [3.63, 3.8) is 0 Å². The molecule has 0 aromatic heterocycles. The van der Waals surface area contributed by atoms with E-state index in [9.17, 15) is 4.79 Å². The lowest BCUT2D eigenvalue weighted by molar-refractivity contribution is 0.0958. The topological polar surface area (TPSA) is 29.1 Å². The molecule has 1 amide bonds. The smallest absolute Gasteiger partial charge is 0.253 e. The highest BCUT2D eigenvalue weighted by Gasteiger charge is 2.08. The maximum absolute atomic E-state index is 11.5. The van der Waals surface area contributed by atoms with Gasteiger partial charge in [-0.15, -0.1) is 6.42 Å². The van der Waals surface area contributed by atoms with E-state index in [0.29, 0.717) is 15.1 Å². The third-order valence-corrected chi connectivity index (χ3v) is 2.42. The molecule has 0 radical (unpaired) electrons. The van der Waals surface area contributed by atoms with Crippen LogP contribution in [0.4, 0.5) is 0 Å². The summed E-state index contributed by atoms with van der Waals surface area (Å²) in [6.45, 7) is 0.216. The molecule has 14 heavy (non-hydrogen) atoms. The summed E-state index contributed by atoms with van der Waals surface area (Å²) in [6, 6.07) is 4.95. The molecule has 0 fully saturated rings. The largest absolute Gasteiger partial charge is 0.341 e. The van der Waals surface area contributed by atoms with E-state index >= 15 is 0 Å². The molecule has 1 aromatic carbocycles. The lowest BCUT2D eigenvalue weighted by Crippen LogP contribution is -2.23. The standard InChI is InChI=1S/C10H7BrClNO/c1-2-5-13-10(14)8-4-3-7(12)6-9(8)11/h1,3-4,6H,5H2,(H,13,14). The number of hydrogen-bond donors (Lipinski definition) is 1. The Hall–Kier alpha value is -0.980. The molecule has 0 aliphatic heterocycles. The molecule has 0 heterocycles. The van der Waals surface area contributed by atoms with E-state index in [1.54, 1.807) is 18.2 Å². The number of hydrogen-bond acceptors (Lipinski definition) is 1. The van der Waals surface area contributed by atoms with Gasteiger partial charge in [-0.25, -0.2) is 0 Å². The van der Waals surface area contributed by atoms with Crippen molar-refractivity contribution in [3.05, 3.63) is 33.3 Å². The highest BCUT2D eigenvalue weighted by atomic mass is 79.9. The Morgan fingerprint density at radius 3 is 2.93 bits per heavy atom. The summed E-state index contributed by atoms with van der Waals surface area (Å²) < 4.78 is 0.652. The average molecular weight is 273 g/mol. The number of carbonyl (C=O) groups excluding carboxylic acids is 1. The first-order valence-corrected chi connectivity index (χ1v) is 4.99. The molecular formula is C10H7BrClNO. The molecule has 2 nitrogen and oxygen atoms in total. The summed E-state index contributed by atoms with van der Waals surface area (Å²) in [5, 5.41) is 3.14. The minimum atomic E-state index is -0.216. The van der Waals surface area contributed by atoms with Crippen LogP contribution in [0.3, 0.4) is 0 Å². The zero-order valence-corrected chi connectivity index (χ0v) is 9.52. The molecule has 4 heteroatoms. The van der Waals surface area contributed by atoms with Gasteiger partial charge in [0.25, 0.3) is 5.91 Å². The summed E-state index contributed by atoms with van der Waals surface area (Å²) in [5.74, 6) is 2.11. The minimum absolute atomic E-state index is 0.216. The van der Waals surface area contributed by atoms with Crippen molar-refractivity contribution in [2.75, 3.05) is 6.54 Å². The van der Waals surface area contributed by atoms with Crippen molar-refractivity contribution in [1.82, 2.24) is 5.32 Å². The highest BCUT2D eigenvalue weighted by Crippen LogP contribution is 2.21. The van der Waals surface area contributed by atoms with Crippen molar-refractivity contribution in [1.29, 1.82) is 0 Å². The third kappa shape index (κ3) is 2.76. The zero-order chi connectivity index (χ0) is 10.6. The van der Waals surface area contributed by atoms with E-state index < -0.39 is 0 Å². The second-order valence-corrected chi connectivity index (χ2v) is 3.80. The van der Waals surface area contributed by atoms with Crippen LogP contribution in [0.25, 0.3) is 0 Å². The van der Waals surface area contributed by atoms with E-state index in [1.165, 1.54) is 0 Å². The van der Waals surface area contributed by atoms with Crippen molar-refractivity contribution in [3.8, 4) is 12.3 Å². The summed E-state index contributed by atoms with van der Waals surface area (Å²) in [4.78, 5) is 11.5. The maximum atomic E-state index is 11.5. The molecule has 1 N–H and O–H groups in total. The third-order valence-electron chi connectivity index (χ3n) is 1.53.